The molecular formula is C15H24FNO2. The summed E-state index contributed by atoms with van der Waals surface area (Å²) >= 11 is 0. The monoisotopic (exact) mass is 269 g/mol. The summed E-state index contributed by atoms with van der Waals surface area (Å²) in [5.41, 5.74) is 0.993. The maximum Gasteiger partial charge on any atom is 0.126 e. The molecule has 0 heterocycles. The highest BCUT2D eigenvalue weighted by Crippen LogP contribution is 2.26. The fraction of sp³-hybridized carbons (Fsp3) is 0.600. The molecule has 1 rings (SSSR count). The van der Waals surface area contributed by atoms with Crippen LogP contribution in [0.15, 0.2) is 18.2 Å². The molecule has 0 aliphatic heterocycles. The van der Waals surface area contributed by atoms with Gasteiger partial charge in [0.15, 0.2) is 0 Å². The van der Waals surface area contributed by atoms with Gasteiger partial charge in [-0.3, -0.25) is 0 Å². The summed E-state index contributed by atoms with van der Waals surface area (Å²) < 4.78 is 23.9. The highest BCUT2D eigenvalue weighted by Gasteiger charge is 2.12. The van der Waals surface area contributed by atoms with E-state index in [1.807, 2.05) is 0 Å². The second-order valence-electron chi connectivity index (χ2n) is 4.55. The molecule has 1 atom stereocenters. The van der Waals surface area contributed by atoms with E-state index in [0.29, 0.717) is 19.0 Å². The zero-order chi connectivity index (χ0) is 14.1. The lowest BCUT2D eigenvalue weighted by Gasteiger charge is -2.18. The van der Waals surface area contributed by atoms with Crippen LogP contribution in [0.1, 0.15) is 38.3 Å². The normalized spacial score (nSPS) is 12.4. The van der Waals surface area contributed by atoms with E-state index >= 15 is 0 Å². The van der Waals surface area contributed by atoms with Crippen LogP contribution in [-0.4, -0.2) is 26.9 Å². The zero-order valence-corrected chi connectivity index (χ0v) is 12.0. The minimum Gasteiger partial charge on any atom is -0.493 e. The van der Waals surface area contributed by atoms with Crippen LogP contribution < -0.4 is 10.1 Å². The molecule has 0 aliphatic carbocycles. The molecule has 1 aromatic carbocycles. The Bertz CT molecular complexity index is 371. The molecule has 19 heavy (non-hydrogen) atoms. The molecule has 3 nitrogen and oxygen atoms in total. The first-order chi connectivity index (χ1) is 9.19. The molecule has 1 unspecified atom stereocenters. The van der Waals surface area contributed by atoms with Crippen molar-refractivity contribution in [3.8, 4) is 5.75 Å². The predicted octanol–water partition coefficient (Wildman–Crippen LogP) is 3.30. The van der Waals surface area contributed by atoms with Gasteiger partial charge in [-0.15, -0.1) is 0 Å². The van der Waals surface area contributed by atoms with Gasteiger partial charge >= 0.3 is 0 Å². The summed E-state index contributed by atoms with van der Waals surface area (Å²) in [6, 6.07) is 4.86. The van der Waals surface area contributed by atoms with Gasteiger partial charge in [0.25, 0.3) is 0 Å². The quantitative estimate of drug-likeness (QED) is 0.698. The third-order valence-electron chi connectivity index (χ3n) is 2.89. The SMILES string of the molecule is CCCNC(C)c1ccc(F)cc1OCCCOC. The van der Waals surface area contributed by atoms with Crippen molar-refractivity contribution < 1.29 is 13.9 Å². The summed E-state index contributed by atoms with van der Waals surface area (Å²) in [6.07, 6.45) is 1.86. The summed E-state index contributed by atoms with van der Waals surface area (Å²) in [6.45, 7) is 6.29. The van der Waals surface area contributed by atoms with E-state index in [-0.39, 0.29) is 11.9 Å². The van der Waals surface area contributed by atoms with E-state index in [9.17, 15) is 4.39 Å². The van der Waals surface area contributed by atoms with Gasteiger partial charge in [-0.2, -0.15) is 0 Å². The Morgan fingerprint density at radius 2 is 2.11 bits per heavy atom. The van der Waals surface area contributed by atoms with Crippen molar-refractivity contribution in [2.24, 2.45) is 0 Å². The number of rotatable bonds is 9. The zero-order valence-electron chi connectivity index (χ0n) is 12.0. The molecule has 0 aromatic heterocycles. The second kappa shape index (κ2) is 8.88. The molecule has 0 saturated heterocycles. The van der Waals surface area contributed by atoms with Crippen LogP contribution >= 0.6 is 0 Å². The van der Waals surface area contributed by atoms with Crippen LogP contribution in [0.3, 0.4) is 0 Å². The maximum absolute atomic E-state index is 13.3. The lowest BCUT2D eigenvalue weighted by atomic mass is 10.1. The largest absolute Gasteiger partial charge is 0.493 e. The van der Waals surface area contributed by atoms with E-state index in [0.717, 1.165) is 24.9 Å². The van der Waals surface area contributed by atoms with Crippen molar-refractivity contribution in [1.29, 1.82) is 0 Å². The van der Waals surface area contributed by atoms with Gasteiger partial charge in [0.05, 0.1) is 6.61 Å². The summed E-state index contributed by atoms with van der Waals surface area (Å²) in [4.78, 5) is 0. The van der Waals surface area contributed by atoms with Crippen LogP contribution in [0, 0.1) is 5.82 Å². The van der Waals surface area contributed by atoms with Crippen molar-refractivity contribution in [2.75, 3.05) is 26.9 Å². The number of hydrogen-bond donors (Lipinski definition) is 1. The molecule has 0 spiro atoms. The number of ether oxygens (including phenoxy) is 2. The minimum absolute atomic E-state index is 0.151. The molecule has 0 amide bonds. The second-order valence-corrected chi connectivity index (χ2v) is 4.55. The van der Waals surface area contributed by atoms with Crippen molar-refractivity contribution in [1.82, 2.24) is 5.32 Å². The Hall–Kier alpha value is -1.13. The molecule has 0 fully saturated rings. The van der Waals surface area contributed by atoms with Gasteiger partial charge < -0.3 is 14.8 Å². The molecule has 0 aliphatic rings. The number of halogens is 1. The molecule has 4 heteroatoms. The van der Waals surface area contributed by atoms with Crippen molar-refractivity contribution >= 4 is 0 Å². The molecule has 1 aromatic rings. The van der Waals surface area contributed by atoms with E-state index in [1.54, 1.807) is 13.2 Å². The summed E-state index contributed by atoms with van der Waals surface area (Å²) in [5.74, 6) is 0.348. The Morgan fingerprint density at radius 1 is 1.32 bits per heavy atom. The number of benzene rings is 1. The van der Waals surface area contributed by atoms with Gasteiger partial charge in [0.1, 0.15) is 11.6 Å². The molecule has 0 saturated carbocycles. The van der Waals surface area contributed by atoms with Crippen LogP contribution in [0.5, 0.6) is 5.75 Å². The number of nitrogens with one attached hydrogen (secondary N) is 1. The highest BCUT2D eigenvalue weighted by molar-refractivity contribution is 5.36. The van der Waals surface area contributed by atoms with E-state index in [4.69, 9.17) is 9.47 Å². The van der Waals surface area contributed by atoms with Gasteiger partial charge in [-0.05, 0) is 26.0 Å². The third kappa shape index (κ3) is 5.57. The standard InChI is InChI=1S/C15H24FNO2/c1-4-8-17-12(2)14-7-6-13(16)11-15(14)19-10-5-9-18-3/h6-7,11-12,17H,4-5,8-10H2,1-3H3. The molecule has 0 bridgehead atoms. The van der Waals surface area contributed by atoms with Crippen LogP contribution in [0.25, 0.3) is 0 Å². The number of hydrogen-bond acceptors (Lipinski definition) is 3. The van der Waals surface area contributed by atoms with Gasteiger partial charge in [-0.1, -0.05) is 13.0 Å². The van der Waals surface area contributed by atoms with Crippen LogP contribution in [-0.2, 0) is 4.74 Å². The smallest absolute Gasteiger partial charge is 0.126 e. The topological polar surface area (TPSA) is 30.5 Å². The molecule has 0 radical (unpaired) electrons. The maximum atomic E-state index is 13.3. The Morgan fingerprint density at radius 3 is 2.79 bits per heavy atom. The van der Waals surface area contributed by atoms with Gasteiger partial charge in [0.2, 0.25) is 0 Å². The van der Waals surface area contributed by atoms with Crippen molar-refractivity contribution in [2.45, 2.75) is 32.7 Å². The predicted molar refractivity (Wildman–Crippen MR) is 75.1 cm³/mol. The van der Waals surface area contributed by atoms with Gasteiger partial charge in [0, 0.05) is 37.8 Å². The van der Waals surface area contributed by atoms with Crippen molar-refractivity contribution in [3.63, 3.8) is 0 Å². The molecule has 1 N–H and O–H groups in total. The Kier molecular flexibility index (Phi) is 7.45. The average Bonchev–Trinajstić information content (AvgIpc) is 2.41. The molecule has 108 valence electrons. The molecular weight excluding hydrogens is 245 g/mol. The van der Waals surface area contributed by atoms with E-state index in [2.05, 4.69) is 19.2 Å². The fourth-order valence-electron chi connectivity index (χ4n) is 1.85. The fourth-order valence-corrected chi connectivity index (χ4v) is 1.85. The van der Waals surface area contributed by atoms with E-state index in [1.165, 1.54) is 12.1 Å². The first-order valence-corrected chi connectivity index (χ1v) is 6.83. The van der Waals surface area contributed by atoms with Gasteiger partial charge in [-0.25, -0.2) is 4.39 Å². The van der Waals surface area contributed by atoms with Crippen molar-refractivity contribution in [3.05, 3.63) is 29.6 Å². The highest BCUT2D eigenvalue weighted by atomic mass is 19.1. The first-order valence-electron chi connectivity index (χ1n) is 6.83. The van der Waals surface area contributed by atoms with E-state index < -0.39 is 0 Å². The Labute approximate surface area is 115 Å². The first kappa shape index (κ1) is 15.9. The minimum atomic E-state index is -0.270. The lowest BCUT2D eigenvalue weighted by Crippen LogP contribution is -2.20. The van der Waals surface area contributed by atoms with Crippen LogP contribution in [0.4, 0.5) is 4.39 Å². The van der Waals surface area contributed by atoms with Crippen LogP contribution in [0.2, 0.25) is 0 Å². The summed E-state index contributed by atoms with van der Waals surface area (Å²) in [5, 5.41) is 3.38. The lowest BCUT2D eigenvalue weighted by molar-refractivity contribution is 0.171. The summed E-state index contributed by atoms with van der Waals surface area (Å²) in [7, 11) is 1.66. The number of methoxy groups -OCH3 is 1. The Balaban J connectivity index is 2.67. The third-order valence-corrected chi connectivity index (χ3v) is 2.89. The average molecular weight is 269 g/mol.